The number of furan rings is 2. The highest BCUT2D eigenvalue weighted by atomic mass is 16.3. The topological polar surface area (TPSA) is 69.9 Å². The molecule has 0 aliphatic heterocycles. The molecule has 13 rings (SSSR count). The van der Waals surface area contributed by atoms with E-state index in [0.29, 0.717) is 17.5 Å². The summed E-state index contributed by atoms with van der Waals surface area (Å²) in [6.07, 6.45) is 0. The van der Waals surface area contributed by atoms with E-state index >= 15 is 0 Å². The lowest BCUT2D eigenvalue weighted by molar-refractivity contribution is 0.668. The summed E-state index contributed by atoms with van der Waals surface area (Å²) in [5.74, 6) is 1.65. The van der Waals surface area contributed by atoms with Gasteiger partial charge >= 0.3 is 0 Å². The summed E-state index contributed by atoms with van der Waals surface area (Å²) in [6.45, 7) is 0. The Bertz CT molecular complexity index is 3880. The predicted octanol–water partition coefficient (Wildman–Crippen LogP) is 14.6. The molecule has 0 bridgehead atoms. The molecule has 0 fully saturated rings. The molecule has 0 saturated heterocycles. The van der Waals surface area contributed by atoms with E-state index in [9.17, 15) is 0 Å². The van der Waals surface area contributed by atoms with Crippen molar-refractivity contribution in [3.8, 4) is 51.0 Å². The lowest BCUT2D eigenvalue weighted by Crippen LogP contribution is -2.04. The molecule has 0 spiro atoms. The largest absolute Gasteiger partial charge is 0.456 e. The minimum atomic E-state index is 0.538. The van der Waals surface area contributed by atoms with Crippen molar-refractivity contribution in [1.82, 2.24) is 19.5 Å². The Balaban J connectivity index is 1.15. The SMILES string of the molecule is c1ccc(-c2ccc(-c3nc(-c4cccc5oc6ccccc6c45)nc(-c4c(-n5c6ccccc6c6cc7ccccc7cc65)ccc5oc6ccccc6c45)n3)cc2)cc1. The number of fused-ring (bicyclic) bond motifs is 10. The Hall–Kier alpha value is -8.35. The number of hydrogen-bond donors (Lipinski definition) is 0. The predicted molar refractivity (Wildman–Crippen MR) is 248 cm³/mol. The van der Waals surface area contributed by atoms with Crippen molar-refractivity contribution >= 4 is 76.5 Å². The van der Waals surface area contributed by atoms with Crippen molar-refractivity contribution in [2.24, 2.45) is 0 Å². The Morgan fingerprint density at radius 1 is 0.344 bits per heavy atom. The van der Waals surface area contributed by atoms with Crippen molar-refractivity contribution in [3.63, 3.8) is 0 Å². The van der Waals surface area contributed by atoms with E-state index in [4.69, 9.17) is 23.8 Å². The Kier molecular flexibility index (Phi) is 7.21. The van der Waals surface area contributed by atoms with Gasteiger partial charge in [-0.15, -0.1) is 0 Å². The van der Waals surface area contributed by atoms with Crippen LogP contribution in [0.3, 0.4) is 0 Å². The van der Waals surface area contributed by atoms with Crippen molar-refractivity contribution in [3.05, 3.63) is 194 Å². The second kappa shape index (κ2) is 13.1. The van der Waals surface area contributed by atoms with Crippen LogP contribution in [0, 0.1) is 0 Å². The van der Waals surface area contributed by atoms with E-state index in [1.807, 2.05) is 48.5 Å². The molecule has 6 heteroatoms. The highest BCUT2D eigenvalue weighted by Gasteiger charge is 2.25. The molecule has 4 aromatic heterocycles. The quantitative estimate of drug-likeness (QED) is 0.174. The second-order valence-corrected chi connectivity index (χ2v) is 15.5. The lowest BCUT2D eigenvalue weighted by atomic mass is 10.0. The summed E-state index contributed by atoms with van der Waals surface area (Å²) in [5.41, 5.74) is 11.1. The van der Waals surface area contributed by atoms with Gasteiger partial charge in [-0.25, -0.2) is 15.0 Å². The third-order valence-corrected chi connectivity index (χ3v) is 12.1. The van der Waals surface area contributed by atoms with Crippen molar-refractivity contribution in [1.29, 1.82) is 0 Å². The zero-order valence-electron chi connectivity index (χ0n) is 32.6. The molecular weight excluding hydrogens is 749 g/mol. The molecule has 0 amide bonds. The maximum atomic E-state index is 6.61. The highest BCUT2D eigenvalue weighted by Crippen LogP contribution is 2.44. The number of nitrogens with zero attached hydrogens (tertiary/aromatic N) is 4. The number of hydrogen-bond acceptors (Lipinski definition) is 5. The van der Waals surface area contributed by atoms with Gasteiger partial charge in [0, 0.05) is 43.4 Å². The van der Waals surface area contributed by atoms with Crippen LogP contribution in [0.1, 0.15) is 0 Å². The smallest absolute Gasteiger partial charge is 0.166 e. The van der Waals surface area contributed by atoms with Crippen LogP contribution in [-0.2, 0) is 0 Å². The highest BCUT2D eigenvalue weighted by molar-refractivity contribution is 6.18. The van der Waals surface area contributed by atoms with E-state index in [1.54, 1.807) is 0 Å². The number of benzene rings is 9. The van der Waals surface area contributed by atoms with Gasteiger partial charge in [-0.3, -0.25) is 0 Å². The molecule has 0 aliphatic rings. The third kappa shape index (κ3) is 5.19. The van der Waals surface area contributed by atoms with Gasteiger partial charge in [0.1, 0.15) is 22.3 Å². The van der Waals surface area contributed by atoms with Crippen LogP contribution in [0.25, 0.3) is 127 Å². The van der Waals surface area contributed by atoms with Crippen molar-refractivity contribution in [2.75, 3.05) is 0 Å². The van der Waals surface area contributed by atoms with Gasteiger partial charge in [0.2, 0.25) is 0 Å². The van der Waals surface area contributed by atoms with Crippen LogP contribution >= 0.6 is 0 Å². The fraction of sp³-hybridized carbons (Fsp3) is 0. The molecule has 284 valence electrons. The summed E-state index contributed by atoms with van der Waals surface area (Å²) in [4.78, 5) is 16.2. The van der Waals surface area contributed by atoms with Gasteiger partial charge < -0.3 is 13.4 Å². The van der Waals surface area contributed by atoms with Gasteiger partial charge in [-0.05, 0) is 70.4 Å². The normalized spacial score (nSPS) is 11.9. The summed E-state index contributed by atoms with van der Waals surface area (Å²) in [7, 11) is 0. The number of para-hydroxylation sites is 3. The minimum Gasteiger partial charge on any atom is -0.456 e. The fourth-order valence-corrected chi connectivity index (χ4v) is 9.27. The summed E-state index contributed by atoms with van der Waals surface area (Å²) in [6, 6.07) is 67.4. The van der Waals surface area contributed by atoms with E-state index in [1.165, 1.54) is 21.5 Å². The molecule has 0 saturated carbocycles. The molecule has 13 aromatic rings. The van der Waals surface area contributed by atoms with Gasteiger partial charge in [0.25, 0.3) is 0 Å². The van der Waals surface area contributed by atoms with Crippen molar-refractivity contribution < 1.29 is 8.83 Å². The number of aromatic nitrogens is 4. The van der Waals surface area contributed by atoms with E-state index in [0.717, 1.165) is 88.4 Å². The molecule has 6 nitrogen and oxygen atoms in total. The average molecular weight is 781 g/mol. The molecule has 0 aliphatic carbocycles. The van der Waals surface area contributed by atoms with E-state index in [-0.39, 0.29) is 0 Å². The zero-order chi connectivity index (χ0) is 40.0. The molecule has 0 radical (unpaired) electrons. The first-order valence-corrected chi connectivity index (χ1v) is 20.4. The lowest BCUT2D eigenvalue weighted by Gasteiger charge is -2.16. The Morgan fingerprint density at radius 2 is 0.918 bits per heavy atom. The van der Waals surface area contributed by atoms with Crippen LogP contribution in [0.5, 0.6) is 0 Å². The van der Waals surface area contributed by atoms with Crippen molar-refractivity contribution in [2.45, 2.75) is 0 Å². The maximum absolute atomic E-state index is 6.61. The van der Waals surface area contributed by atoms with Gasteiger partial charge in [-0.2, -0.15) is 0 Å². The summed E-state index contributed by atoms with van der Waals surface area (Å²) in [5, 5.41) is 8.59. The number of rotatable bonds is 5. The van der Waals surface area contributed by atoms with E-state index in [2.05, 4.69) is 150 Å². The van der Waals surface area contributed by atoms with Gasteiger partial charge in [0.05, 0.1) is 22.3 Å². The Morgan fingerprint density at radius 3 is 1.70 bits per heavy atom. The second-order valence-electron chi connectivity index (χ2n) is 15.5. The van der Waals surface area contributed by atoms with Crippen LogP contribution < -0.4 is 0 Å². The molecule has 0 unspecified atom stereocenters. The summed E-state index contributed by atoms with van der Waals surface area (Å²) >= 11 is 0. The van der Waals surface area contributed by atoms with Crippen LogP contribution in [0.15, 0.2) is 203 Å². The maximum Gasteiger partial charge on any atom is 0.166 e. The third-order valence-electron chi connectivity index (χ3n) is 12.1. The van der Waals surface area contributed by atoms with Crippen LogP contribution in [0.2, 0.25) is 0 Å². The molecular formula is C55H32N4O2. The monoisotopic (exact) mass is 780 g/mol. The molecule has 0 N–H and O–H groups in total. The minimum absolute atomic E-state index is 0.538. The summed E-state index contributed by atoms with van der Waals surface area (Å²) < 4.78 is 15.4. The standard InChI is InChI=1S/C55H32N4O2/c1-2-13-33(14-3-1)34-25-27-35(28-26-34)53-56-54(41-20-12-24-48-50(41)39-18-7-10-22-46(39)60-48)58-55(57-53)52-44(29-30-49-51(52)40-19-8-11-23-47(40)61-49)59-43-21-9-6-17-38(43)42-31-36-15-4-5-16-37(36)32-45(42)59/h1-32H. The average Bonchev–Trinajstić information content (AvgIpc) is 4.00. The van der Waals surface area contributed by atoms with Gasteiger partial charge in [0.15, 0.2) is 17.5 Å². The zero-order valence-corrected chi connectivity index (χ0v) is 32.6. The van der Waals surface area contributed by atoms with Gasteiger partial charge in [-0.1, -0.05) is 146 Å². The Labute approximate surface area is 348 Å². The first-order chi connectivity index (χ1) is 30.2. The van der Waals surface area contributed by atoms with Crippen LogP contribution in [-0.4, -0.2) is 19.5 Å². The first-order valence-electron chi connectivity index (χ1n) is 20.4. The first kappa shape index (κ1) is 33.6. The molecule has 61 heavy (non-hydrogen) atoms. The molecule has 9 aromatic carbocycles. The van der Waals surface area contributed by atoms with Crippen LogP contribution in [0.4, 0.5) is 0 Å². The molecule has 4 heterocycles. The molecule has 0 atom stereocenters. The van der Waals surface area contributed by atoms with E-state index < -0.39 is 0 Å². The fourth-order valence-electron chi connectivity index (χ4n) is 9.27.